The van der Waals surface area contributed by atoms with Crippen molar-refractivity contribution in [3.05, 3.63) is 46.4 Å². The third-order valence-electron chi connectivity index (χ3n) is 2.52. The predicted octanol–water partition coefficient (Wildman–Crippen LogP) is 2.36. The molecule has 1 N–H and O–H groups in total. The summed E-state index contributed by atoms with van der Waals surface area (Å²) in [7, 11) is 0. The molecule has 1 heterocycles. The molecule has 78 valence electrons. The number of nitrogens with zero attached hydrogens (tertiary/aromatic N) is 1. The van der Waals surface area contributed by atoms with Crippen molar-refractivity contribution in [1.29, 1.82) is 0 Å². The summed E-state index contributed by atoms with van der Waals surface area (Å²) in [5, 5.41) is 11.1. The second kappa shape index (κ2) is 3.42. The van der Waals surface area contributed by atoms with Crippen LogP contribution in [0.25, 0.3) is 10.8 Å². The molecule has 2 aromatic rings. The van der Waals surface area contributed by atoms with Gasteiger partial charge in [0.1, 0.15) is 0 Å². The second-order valence-electron chi connectivity index (χ2n) is 3.93. The van der Waals surface area contributed by atoms with Crippen LogP contribution in [0.2, 0.25) is 0 Å². The molecule has 1 aromatic heterocycles. The Morgan fingerprint density at radius 3 is 2.60 bits per heavy atom. The lowest BCUT2D eigenvalue weighted by atomic mass is 10.1. The number of pyridine rings is 1. The van der Waals surface area contributed by atoms with Crippen molar-refractivity contribution in [2.45, 2.75) is 19.8 Å². The number of aromatic nitrogens is 1. The molecule has 0 saturated heterocycles. The van der Waals surface area contributed by atoms with E-state index in [0.717, 1.165) is 10.1 Å². The molecule has 0 radical (unpaired) electrons. The van der Waals surface area contributed by atoms with Gasteiger partial charge >= 0.3 is 0 Å². The summed E-state index contributed by atoms with van der Waals surface area (Å²) in [6.45, 7) is 3.88. The van der Waals surface area contributed by atoms with Crippen molar-refractivity contribution in [1.82, 2.24) is 4.73 Å². The van der Waals surface area contributed by atoms with Crippen LogP contribution in [-0.4, -0.2) is 9.94 Å². The van der Waals surface area contributed by atoms with E-state index in [1.807, 2.05) is 32.0 Å². The molecular formula is C12H13NO2. The van der Waals surface area contributed by atoms with Crippen LogP contribution in [-0.2, 0) is 0 Å². The van der Waals surface area contributed by atoms with E-state index in [9.17, 15) is 10.0 Å². The quantitative estimate of drug-likeness (QED) is 0.723. The Balaban J connectivity index is 2.89. The van der Waals surface area contributed by atoms with E-state index < -0.39 is 0 Å². The lowest BCUT2D eigenvalue weighted by Crippen LogP contribution is -2.22. The molecule has 0 amide bonds. The van der Waals surface area contributed by atoms with Crippen LogP contribution in [0.4, 0.5) is 0 Å². The standard InChI is InChI=1S/C12H13NO2/c1-8(2)11-7-9-5-3-4-6-10(9)12(14)13(11)15/h3-8,15H,1-2H3. The van der Waals surface area contributed by atoms with E-state index in [1.54, 1.807) is 12.1 Å². The van der Waals surface area contributed by atoms with Gasteiger partial charge in [-0.1, -0.05) is 32.0 Å². The van der Waals surface area contributed by atoms with Gasteiger partial charge < -0.3 is 5.21 Å². The van der Waals surface area contributed by atoms with Gasteiger partial charge in [-0.25, -0.2) is 0 Å². The number of rotatable bonds is 1. The van der Waals surface area contributed by atoms with Gasteiger partial charge in [-0.3, -0.25) is 4.79 Å². The third kappa shape index (κ3) is 1.50. The molecule has 3 heteroatoms. The maximum absolute atomic E-state index is 11.8. The van der Waals surface area contributed by atoms with Crippen LogP contribution in [0.1, 0.15) is 25.5 Å². The highest BCUT2D eigenvalue weighted by Gasteiger charge is 2.10. The van der Waals surface area contributed by atoms with Crippen LogP contribution >= 0.6 is 0 Å². The van der Waals surface area contributed by atoms with Crippen molar-refractivity contribution in [3.63, 3.8) is 0 Å². The highest BCUT2D eigenvalue weighted by Crippen LogP contribution is 2.17. The largest absolute Gasteiger partial charge is 0.425 e. The van der Waals surface area contributed by atoms with Crippen molar-refractivity contribution >= 4 is 10.8 Å². The lowest BCUT2D eigenvalue weighted by Gasteiger charge is -2.10. The zero-order valence-corrected chi connectivity index (χ0v) is 8.77. The summed E-state index contributed by atoms with van der Waals surface area (Å²) in [5.74, 6) is 0.118. The van der Waals surface area contributed by atoms with E-state index in [2.05, 4.69) is 0 Å². The van der Waals surface area contributed by atoms with Crippen molar-refractivity contribution < 1.29 is 5.21 Å². The first kappa shape index (κ1) is 9.77. The van der Waals surface area contributed by atoms with Crippen molar-refractivity contribution in [2.75, 3.05) is 0 Å². The Hall–Kier alpha value is -1.77. The average Bonchev–Trinajstić information content (AvgIpc) is 2.23. The molecule has 0 unspecified atom stereocenters. The first-order chi connectivity index (χ1) is 7.11. The molecule has 1 aromatic carbocycles. The van der Waals surface area contributed by atoms with Crippen molar-refractivity contribution in [3.8, 4) is 0 Å². The maximum atomic E-state index is 11.8. The third-order valence-corrected chi connectivity index (χ3v) is 2.52. The molecule has 0 bridgehead atoms. The molecule has 3 nitrogen and oxygen atoms in total. The fraction of sp³-hybridized carbons (Fsp3) is 0.250. The molecule has 0 aliphatic carbocycles. The lowest BCUT2D eigenvalue weighted by molar-refractivity contribution is 0.164. The summed E-state index contributed by atoms with van der Waals surface area (Å²) >= 11 is 0. The van der Waals surface area contributed by atoms with Gasteiger partial charge in [0.05, 0.1) is 11.1 Å². The highest BCUT2D eigenvalue weighted by molar-refractivity contribution is 5.81. The smallest absolute Gasteiger partial charge is 0.290 e. The first-order valence-electron chi connectivity index (χ1n) is 4.95. The van der Waals surface area contributed by atoms with Gasteiger partial charge in [-0.2, -0.15) is 4.73 Å². The van der Waals surface area contributed by atoms with Crippen LogP contribution in [0.15, 0.2) is 35.1 Å². The Labute approximate surface area is 87.5 Å². The van der Waals surface area contributed by atoms with Crippen LogP contribution in [0, 0.1) is 0 Å². The van der Waals surface area contributed by atoms with E-state index >= 15 is 0 Å². The molecule has 0 saturated carbocycles. The fourth-order valence-electron chi connectivity index (χ4n) is 1.68. The summed E-state index contributed by atoms with van der Waals surface area (Å²) in [6, 6.07) is 9.12. The number of hydrogen-bond donors (Lipinski definition) is 1. The zero-order chi connectivity index (χ0) is 11.0. The summed E-state index contributed by atoms with van der Waals surface area (Å²) in [4.78, 5) is 11.8. The Morgan fingerprint density at radius 2 is 1.93 bits per heavy atom. The fourth-order valence-corrected chi connectivity index (χ4v) is 1.68. The molecule has 0 aliphatic rings. The van der Waals surface area contributed by atoms with E-state index in [-0.39, 0.29) is 11.5 Å². The van der Waals surface area contributed by atoms with E-state index in [0.29, 0.717) is 11.1 Å². The minimum Gasteiger partial charge on any atom is -0.425 e. The molecule has 0 atom stereocenters. The molecule has 0 aliphatic heterocycles. The molecular weight excluding hydrogens is 190 g/mol. The topological polar surface area (TPSA) is 42.2 Å². The van der Waals surface area contributed by atoms with Gasteiger partial charge in [-0.05, 0) is 23.4 Å². The number of fused-ring (bicyclic) bond motifs is 1. The van der Waals surface area contributed by atoms with Gasteiger partial charge in [0, 0.05) is 0 Å². The van der Waals surface area contributed by atoms with E-state index in [1.165, 1.54) is 0 Å². The van der Waals surface area contributed by atoms with Crippen LogP contribution in [0.5, 0.6) is 0 Å². The maximum Gasteiger partial charge on any atom is 0.290 e. The second-order valence-corrected chi connectivity index (χ2v) is 3.93. The van der Waals surface area contributed by atoms with Crippen LogP contribution < -0.4 is 5.56 Å². The van der Waals surface area contributed by atoms with Gasteiger partial charge in [0.25, 0.3) is 5.56 Å². The van der Waals surface area contributed by atoms with Gasteiger partial charge in [0.2, 0.25) is 0 Å². The van der Waals surface area contributed by atoms with Crippen LogP contribution in [0.3, 0.4) is 0 Å². The van der Waals surface area contributed by atoms with Gasteiger partial charge in [0.15, 0.2) is 0 Å². The predicted molar refractivity (Wildman–Crippen MR) is 59.5 cm³/mol. The highest BCUT2D eigenvalue weighted by atomic mass is 16.5. The Morgan fingerprint density at radius 1 is 1.27 bits per heavy atom. The summed E-state index contributed by atoms with van der Waals surface area (Å²) in [5.41, 5.74) is 0.288. The molecule has 0 fully saturated rings. The van der Waals surface area contributed by atoms with Crippen molar-refractivity contribution in [2.24, 2.45) is 0 Å². The Bertz CT molecular complexity index is 555. The minimum absolute atomic E-state index is 0.118. The average molecular weight is 203 g/mol. The molecule has 0 spiro atoms. The minimum atomic E-state index is -0.350. The van der Waals surface area contributed by atoms with E-state index in [4.69, 9.17) is 0 Å². The molecule has 15 heavy (non-hydrogen) atoms. The summed E-state index contributed by atoms with van der Waals surface area (Å²) in [6.07, 6.45) is 0. The normalized spacial score (nSPS) is 11.1. The zero-order valence-electron chi connectivity index (χ0n) is 8.77. The SMILES string of the molecule is CC(C)c1cc2ccccc2c(=O)n1O. The summed E-state index contributed by atoms with van der Waals surface area (Å²) < 4.78 is 0.743. The molecule has 2 rings (SSSR count). The number of hydrogen-bond acceptors (Lipinski definition) is 2. The Kier molecular flexibility index (Phi) is 2.23. The first-order valence-corrected chi connectivity index (χ1v) is 4.95. The monoisotopic (exact) mass is 203 g/mol. The van der Waals surface area contributed by atoms with Gasteiger partial charge in [-0.15, -0.1) is 0 Å². The number of benzene rings is 1.